The van der Waals surface area contributed by atoms with E-state index >= 15 is 0 Å². The third-order valence-corrected chi connectivity index (χ3v) is 27.1. The second-order valence-electron chi connectivity index (χ2n) is 37.3. The third-order valence-electron chi connectivity index (χ3n) is 27.1. The fourth-order valence-corrected chi connectivity index (χ4v) is 19.3. The number of aliphatic hydroxyl groups excluding tert-OH is 32. The number of aliphatic hydroxyl groups is 32. The van der Waals surface area contributed by atoms with Crippen LogP contribution in [0.25, 0.3) is 0 Å². The van der Waals surface area contributed by atoms with Crippen LogP contribution in [0.3, 0.4) is 0 Å². The van der Waals surface area contributed by atoms with Crippen molar-refractivity contribution < 1.29 is 296 Å². The Morgan fingerprint density at radius 2 is 0.429 bits per heavy atom. The molecule has 850 valence electrons. The van der Waals surface area contributed by atoms with Crippen molar-refractivity contribution in [1.82, 2.24) is 26.6 Å². The van der Waals surface area contributed by atoms with Crippen LogP contribution in [0.1, 0.15) is 41.5 Å². The Balaban J connectivity index is 0.952. The van der Waals surface area contributed by atoms with E-state index in [4.69, 9.17) is 109 Å². The van der Waals surface area contributed by atoms with E-state index in [0.717, 1.165) is 34.6 Å². The highest BCUT2D eigenvalue weighted by Gasteiger charge is 2.65. The summed E-state index contributed by atoms with van der Waals surface area (Å²) in [4.78, 5) is 66.2. The fourth-order valence-electron chi connectivity index (χ4n) is 19.3. The molecular weight excluding hydrogens is 2010 g/mol. The first kappa shape index (κ1) is 121. The molecule has 0 aromatic rings. The van der Waals surface area contributed by atoms with Gasteiger partial charge >= 0.3 is 0 Å². The van der Waals surface area contributed by atoms with Crippen LogP contribution in [0.5, 0.6) is 0 Å². The molecule has 0 radical (unpaired) electrons. The maximum absolute atomic E-state index is 13.8. The minimum absolute atomic E-state index is 0.843. The van der Waals surface area contributed by atoms with E-state index < -0.39 is 470 Å². The highest BCUT2D eigenvalue weighted by molar-refractivity contribution is 5.75. The summed E-state index contributed by atoms with van der Waals surface area (Å²) < 4.78 is 140. The molecule has 60 atom stereocenters. The summed E-state index contributed by atoms with van der Waals surface area (Å²) in [6.07, 6.45) is -121. The molecule has 0 bridgehead atoms. The first-order valence-corrected chi connectivity index (χ1v) is 47.0. The number of carbonyl (C=O) groups is 5. The normalized spacial score (nSPS) is 49.6. The zero-order valence-electron chi connectivity index (χ0n) is 79.2. The van der Waals surface area contributed by atoms with Crippen LogP contribution in [0.4, 0.5) is 0 Å². The molecule has 37 N–H and O–H groups in total. The molecule has 12 aliphatic rings. The summed E-state index contributed by atoms with van der Waals surface area (Å²) in [5, 5.41) is 375. The van der Waals surface area contributed by atoms with Crippen molar-refractivity contribution in [1.29, 1.82) is 0 Å². The number of rotatable bonds is 38. The number of amides is 5. The average Bonchev–Trinajstić information content (AvgIpc) is 0.754. The molecular formula is C82H137N5O60. The highest BCUT2D eigenvalue weighted by atomic mass is 16.8. The summed E-state index contributed by atoms with van der Waals surface area (Å²) in [6, 6.07) is -10.2. The zero-order chi connectivity index (χ0) is 108. The SMILES string of the molecule is CC(=O)N[C@H]1[C@H](O[C@H]2[C@H](O)[C@@H](NC(C)=O)C(O)O[C@@H]2CO)O[C@H](CO)[C@@H](O[C@@H]2O[C@H](CO[C@H]3O[C@H](CO)[C@@H](O)[C@H](O)[C@@H]3O[C@@H]3O[C@H](CO)[C@@H](O[C@@H]4O[C@H](CO)[C@H](O)[C@H](O)[C@H]4O)[C@H](O)[C@H]3NC(C)=O)[C@@H](O)[C@H](O[C@H]3O[C@H](CO)[C@@H](O[C@@H]4O[C@H](CO)[C@@H](O[C@@H]5O[C@H](CO)[C@H](O)[C@H](O)[C@H]5O)[C@H](O[C@@H]5O[C@@H](C)[C@@H](O)[C@@H](O)[C@@H]5O)[C@H]4NC(C)=O)[C@H](O)[C@@H]3O[C@H]3O[C@H](CO)[C@@H](O[C@@H]4O[C@H](CO)[C@H](O)[C@H](O)[C@H]4O)[C@H](O)[C@H]3NC(C)=O)[C@@H]2O)[C@@H]1O. The van der Waals surface area contributed by atoms with Gasteiger partial charge in [-0.05, 0) is 6.92 Å². The zero-order valence-corrected chi connectivity index (χ0v) is 79.2. The van der Waals surface area contributed by atoms with Crippen LogP contribution < -0.4 is 26.6 Å². The topological polar surface area (TPSA) is 1010 Å². The van der Waals surface area contributed by atoms with Crippen molar-refractivity contribution in [2.24, 2.45) is 0 Å². The van der Waals surface area contributed by atoms with Gasteiger partial charge in [-0.2, -0.15) is 0 Å². The Bertz CT molecular complexity index is 4110. The van der Waals surface area contributed by atoms with Crippen LogP contribution in [0.2, 0.25) is 0 Å². The predicted octanol–water partition coefficient (Wildman–Crippen LogP) is -25.4. The molecule has 12 rings (SSSR count). The molecule has 5 amide bonds. The lowest BCUT2D eigenvalue weighted by atomic mass is 9.93. The summed E-state index contributed by atoms with van der Waals surface area (Å²) in [6.45, 7) is -7.70. The van der Waals surface area contributed by atoms with Crippen molar-refractivity contribution >= 4 is 29.5 Å². The number of nitrogens with one attached hydrogen (secondary N) is 5. The van der Waals surface area contributed by atoms with Gasteiger partial charge in [0.25, 0.3) is 0 Å². The van der Waals surface area contributed by atoms with E-state index in [1.165, 1.54) is 6.92 Å². The van der Waals surface area contributed by atoms with Gasteiger partial charge in [0, 0.05) is 34.6 Å². The van der Waals surface area contributed by atoms with E-state index in [-0.39, 0.29) is 0 Å². The Morgan fingerprint density at radius 3 is 0.796 bits per heavy atom. The Labute approximate surface area is 832 Å². The molecule has 147 heavy (non-hydrogen) atoms. The van der Waals surface area contributed by atoms with Gasteiger partial charge in [-0.3, -0.25) is 24.0 Å². The molecule has 12 aliphatic heterocycles. The maximum Gasteiger partial charge on any atom is 0.217 e. The predicted molar refractivity (Wildman–Crippen MR) is 452 cm³/mol. The lowest BCUT2D eigenvalue weighted by Crippen LogP contribution is -2.72. The molecule has 0 aromatic heterocycles. The third kappa shape index (κ3) is 26.7. The number of ether oxygens (including phenoxy) is 23. The van der Waals surface area contributed by atoms with Crippen molar-refractivity contribution in [2.45, 2.75) is 410 Å². The van der Waals surface area contributed by atoms with E-state index in [0.29, 0.717) is 0 Å². The van der Waals surface area contributed by atoms with E-state index in [1.54, 1.807) is 0 Å². The summed E-state index contributed by atoms with van der Waals surface area (Å²) in [5.41, 5.74) is 0. The quantitative estimate of drug-likeness (QED) is 0.0273. The highest BCUT2D eigenvalue weighted by Crippen LogP contribution is 2.44. The van der Waals surface area contributed by atoms with E-state index in [2.05, 4.69) is 26.6 Å². The molecule has 0 saturated carbocycles. The summed E-state index contributed by atoms with van der Waals surface area (Å²) in [7, 11) is 0. The molecule has 65 heteroatoms. The minimum atomic E-state index is -2.81. The monoisotopic (exact) mass is 2150 g/mol. The molecule has 12 fully saturated rings. The lowest BCUT2D eigenvalue weighted by molar-refractivity contribution is -0.409. The standard InChI is InChI=1S/C82H137N5O60/c1-18-40(103)50(113)55(118)76(126-18)144-67-39(87-23(6)102)75(135-33(16-97)66(67)143-79-58(121)53(116)43(106)26(9-90)130-79)139-65-32(15-96)136-82(70(59(65)122)147-74-38(86-22(5)101)49(112)63(30(13-94)134-74)141-78-57(120)52(115)42(105)25(8-89)129-78)145-68-45(108)34(137-80(60(68)123)142-64-31(14-95)132-72(36(47(64)110)84-20(3)99)138-61-28(11-92)127-71(124)35(46(61)109)83-19(2)98)17-125-81-69(54(117)44(107)27(10-91)131-81)146-73-37(85-21(4)100)48(111)62(29(12-93)133-73)140-77-56(119)51(114)41(104)24(7-88)128-77/h18,24-82,88-97,103-124H,7-17H2,1-6H3,(H,83,98)(H,84,99)(H,85,100)(H,86,101)(H,87,102)/t18-,24+,25+,26+,27+,28+,29+,30+,31+,32+,33+,34+,35+,36+,37+,38+,39+,40+,41-,42-,43-,44+,45+,46+,47+,48+,49+,50+,51-,52-,53-,54-,55-,56+,57+,58+,59-,60-,61+,62+,63+,64+,65+,66+,67+,68-,69-,70-,71?,72-,73-,74+,75-,76-,77-,78-,79-,80-,81-,82+/m0/s1. The first-order chi connectivity index (χ1) is 69.6. The second-order valence-corrected chi connectivity index (χ2v) is 37.3. The van der Waals surface area contributed by atoms with Gasteiger partial charge in [0.05, 0.1) is 78.8 Å². The van der Waals surface area contributed by atoms with Crippen LogP contribution >= 0.6 is 0 Å². The molecule has 12 heterocycles. The Morgan fingerprint density at radius 1 is 0.190 bits per heavy atom. The molecule has 1 unspecified atom stereocenters. The van der Waals surface area contributed by atoms with E-state index in [9.17, 15) is 187 Å². The van der Waals surface area contributed by atoms with Crippen molar-refractivity contribution in [3.8, 4) is 0 Å². The van der Waals surface area contributed by atoms with Crippen molar-refractivity contribution in [3.63, 3.8) is 0 Å². The number of hydrogen-bond donors (Lipinski definition) is 37. The van der Waals surface area contributed by atoms with Gasteiger partial charge in [-0.1, -0.05) is 0 Å². The number of carbonyl (C=O) groups excluding carboxylic acids is 5. The van der Waals surface area contributed by atoms with Crippen LogP contribution in [-0.2, 0) is 133 Å². The molecule has 0 spiro atoms. The van der Waals surface area contributed by atoms with Crippen LogP contribution in [0.15, 0.2) is 0 Å². The van der Waals surface area contributed by atoms with Gasteiger partial charge in [0.2, 0.25) is 29.5 Å². The maximum atomic E-state index is 13.8. The fraction of sp³-hybridized carbons (Fsp3) is 0.939. The largest absolute Gasteiger partial charge is 0.394 e. The first-order valence-electron chi connectivity index (χ1n) is 47.0. The van der Waals surface area contributed by atoms with Gasteiger partial charge in [0.15, 0.2) is 75.5 Å². The molecule has 0 aliphatic carbocycles. The smallest absolute Gasteiger partial charge is 0.217 e. The molecule has 12 saturated heterocycles. The summed E-state index contributed by atoms with van der Waals surface area (Å²) in [5.74, 6) is -5.06. The van der Waals surface area contributed by atoms with Crippen LogP contribution in [-0.4, -0.2) is 634 Å². The average molecular weight is 2150 g/mol. The van der Waals surface area contributed by atoms with E-state index in [1.807, 2.05) is 0 Å². The molecule has 0 aromatic carbocycles. The van der Waals surface area contributed by atoms with Crippen LogP contribution in [0, 0.1) is 0 Å². The Hall–Kier alpha value is -4.85. The number of hydrogen-bond acceptors (Lipinski definition) is 60. The molecule has 65 nitrogen and oxygen atoms in total. The lowest BCUT2D eigenvalue weighted by Gasteiger charge is -2.53. The second kappa shape index (κ2) is 52.8. The van der Waals surface area contributed by atoms with Gasteiger partial charge in [0.1, 0.15) is 287 Å². The van der Waals surface area contributed by atoms with Gasteiger partial charge in [-0.15, -0.1) is 0 Å². The van der Waals surface area contributed by atoms with Gasteiger partial charge < -0.3 is 299 Å². The van der Waals surface area contributed by atoms with Gasteiger partial charge in [-0.25, -0.2) is 0 Å². The van der Waals surface area contributed by atoms with Crippen molar-refractivity contribution in [3.05, 3.63) is 0 Å². The van der Waals surface area contributed by atoms with Crippen molar-refractivity contribution in [2.75, 3.05) is 72.7 Å². The Kier molecular flexibility index (Phi) is 43.4. The minimum Gasteiger partial charge on any atom is -0.394 e. The summed E-state index contributed by atoms with van der Waals surface area (Å²) >= 11 is 0.